The van der Waals surface area contributed by atoms with Crippen molar-refractivity contribution in [1.29, 1.82) is 0 Å². The van der Waals surface area contributed by atoms with Crippen LogP contribution in [0.3, 0.4) is 0 Å². The van der Waals surface area contributed by atoms with Gasteiger partial charge in [0.25, 0.3) is 5.91 Å². The maximum atomic E-state index is 14.8. The minimum absolute atomic E-state index is 0.0168. The summed E-state index contributed by atoms with van der Waals surface area (Å²) in [6.45, 7) is 7.58. The van der Waals surface area contributed by atoms with Crippen molar-refractivity contribution >= 4 is 33.8 Å². The summed E-state index contributed by atoms with van der Waals surface area (Å²) in [5, 5.41) is 15.2. The van der Waals surface area contributed by atoms with Crippen LogP contribution in [0.2, 0.25) is 0 Å². The number of aromatic nitrogens is 3. The highest BCUT2D eigenvalue weighted by atomic mass is 32.2. The van der Waals surface area contributed by atoms with E-state index in [4.69, 9.17) is 19.7 Å². The zero-order valence-electron chi connectivity index (χ0n) is 34.7. The molecule has 15 nitrogen and oxygen atoms in total. The Bertz CT molecular complexity index is 2160. The lowest BCUT2D eigenvalue weighted by molar-refractivity contribution is -0.142. The van der Waals surface area contributed by atoms with E-state index in [0.717, 1.165) is 43.2 Å². The second-order valence-electron chi connectivity index (χ2n) is 17.6. The van der Waals surface area contributed by atoms with Gasteiger partial charge in [0.15, 0.2) is 0 Å². The summed E-state index contributed by atoms with van der Waals surface area (Å²) in [6.07, 6.45) is 6.58. The number of carbonyl (C=O) groups excluding carboxylic acids is 4. The summed E-state index contributed by atoms with van der Waals surface area (Å²) in [5.41, 5.74) is 1.87. The molecule has 7 rings (SSSR count). The van der Waals surface area contributed by atoms with Crippen molar-refractivity contribution in [2.24, 2.45) is 11.3 Å². The SMILES string of the molecule is CC[C@@H]1C[C@]1(NC(=O)[C@@H]1C[C@@H]2CN1C(=O)[C@H](C(C)(C)C)NC(=O)OCCCCCCCc1cccc(c1)-c1nn2nc1-c1ccc(OC)cc1)C(=O)NS(=O)(=O)C1CC1. The summed E-state index contributed by atoms with van der Waals surface area (Å²) in [5.74, 6) is -1.48. The van der Waals surface area contributed by atoms with Crippen molar-refractivity contribution in [2.45, 2.75) is 127 Å². The summed E-state index contributed by atoms with van der Waals surface area (Å²) in [7, 11) is -2.28. The molecule has 5 atom stereocenters. The minimum Gasteiger partial charge on any atom is -0.497 e. The van der Waals surface area contributed by atoms with Crippen LogP contribution in [0.25, 0.3) is 22.5 Å². The number of fused-ring (bicyclic) bond motifs is 8. The maximum Gasteiger partial charge on any atom is 0.407 e. The Morgan fingerprint density at radius 2 is 1.68 bits per heavy atom. The molecule has 3 aromatic rings. The number of amides is 4. The number of carbonyl (C=O) groups is 4. The van der Waals surface area contributed by atoms with Crippen LogP contribution in [0.4, 0.5) is 4.79 Å². The van der Waals surface area contributed by atoms with E-state index in [9.17, 15) is 27.6 Å². The van der Waals surface area contributed by atoms with Crippen LogP contribution >= 0.6 is 0 Å². The Labute approximate surface area is 346 Å². The number of rotatable bonds is 8. The number of hydrogen-bond donors (Lipinski definition) is 3. The average Bonchev–Trinajstić information content (AvgIpc) is 4.10. The molecule has 2 saturated carbocycles. The van der Waals surface area contributed by atoms with Crippen molar-refractivity contribution in [3.05, 3.63) is 54.1 Å². The number of aryl methyl sites for hydroxylation is 1. The molecule has 1 aromatic heterocycles. The number of nitrogens with zero attached hydrogens (tertiary/aromatic N) is 4. The van der Waals surface area contributed by atoms with Crippen molar-refractivity contribution in [3.63, 3.8) is 0 Å². The van der Waals surface area contributed by atoms with Crippen LogP contribution in [-0.2, 0) is 35.6 Å². The number of benzene rings is 2. The van der Waals surface area contributed by atoms with Crippen molar-refractivity contribution < 1.29 is 37.1 Å². The van der Waals surface area contributed by atoms with Gasteiger partial charge in [0.1, 0.15) is 34.8 Å². The Balaban J connectivity index is 1.27. The Morgan fingerprint density at radius 3 is 2.34 bits per heavy atom. The first-order valence-electron chi connectivity index (χ1n) is 21.0. The Morgan fingerprint density at radius 1 is 0.983 bits per heavy atom. The third-order valence-corrected chi connectivity index (χ3v) is 14.0. The molecule has 0 unspecified atom stereocenters. The molecule has 3 fully saturated rings. The van der Waals surface area contributed by atoms with Crippen LogP contribution in [0.15, 0.2) is 48.5 Å². The van der Waals surface area contributed by atoms with Crippen LogP contribution in [0, 0.1) is 11.3 Å². The minimum atomic E-state index is -3.88. The fourth-order valence-corrected chi connectivity index (χ4v) is 9.73. The number of hydrogen-bond acceptors (Lipinski definition) is 10. The monoisotopic (exact) mass is 831 g/mol. The predicted molar refractivity (Wildman–Crippen MR) is 220 cm³/mol. The van der Waals surface area contributed by atoms with Crippen molar-refractivity contribution in [2.75, 3.05) is 20.3 Å². The summed E-state index contributed by atoms with van der Waals surface area (Å²) < 4.78 is 38.9. The molecule has 2 aliphatic carbocycles. The van der Waals surface area contributed by atoms with Crippen LogP contribution < -0.4 is 20.1 Å². The molecule has 3 heterocycles. The average molecular weight is 832 g/mol. The fraction of sp³-hybridized carbons (Fsp3) is 0.581. The summed E-state index contributed by atoms with van der Waals surface area (Å²) in [6, 6.07) is 13.0. The van der Waals surface area contributed by atoms with Crippen molar-refractivity contribution in [3.8, 4) is 28.3 Å². The van der Waals surface area contributed by atoms with Gasteiger partial charge in [-0.2, -0.15) is 15.0 Å². The van der Waals surface area contributed by atoms with Gasteiger partial charge in [-0.25, -0.2) is 13.2 Å². The van der Waals surface area contributed by atoms with Crippen molar-refractivity contribution in [1.82, 2.24) is 35.2 Å². The lowest BCUT2D eigenvalue weighted by Gasteiger charge is -2.35. The standard InChI is InChI=1S/C43H57N7O8S/c1-6-30-25-43(30,40(53)48-59(55,56)33-20-21-33)45-38(51)34-24-31-26-49(34)39(52)37(42(2,3)4)44-41(54)58-22-11-9-7-8-10-13-27-14-12-15-29(23-27)36-35(46-50(31)47-36)28-16-18-32(57-5)19-17-28/h12,14-19,23,30-31,33-34,37H,6-11,13,20-22,24-26H2,1-5H3,(H,44,54)(H,45,51)(H,48,53)/t30-,31-,34+,37-,43-/m1/s1. The number of cyclic esters (lactones) is 1. The van der Waals surface area contributed by atoms with E-state index in [1.807, 2.05) is 64.1 Å². The first-order valence-corrected chi connectivity index (χ1v) is 22.5. The zero-order valence-corrected chi connectivity index (χ0v) is 35.5. The van der Waals surface area contributed by atoms with E-state index < -0.39 is 68.2 Å². The lowest BCUT2D eigenvalue weighted by atomic mass is 9.85. The molecule has 4 aliphatic rings. The second kappa shape index (κ2) is 16.9. The molecule has 1 saturated heterocycles. The second-order valence-corrected chi connectivity index (χ2v) is 19.5. The van der Waals surface area contributed by atoms with Gasteiger partial charge in [-0.05, 0) is 85.8 Å². The summed E-state index contributed by atoms with van der Waals surface area (Å²) in [4.78, 5) is 59.3. The number of alkyl carbamates (subject to hydrolysis) is 1. The highest BCUT2D eigenvalue weighted by Crippen LogP contribution is 2.47. The van der Waals surface area contributed by atoms with Gasteiger partial charge in [0, 0.05) is 24.1 Å². The van der Waals surface area contributed by atoms with Gasteiger partial charge in [-0.3, -0.25) is 19.1 Å². The van der Waals surface area contributed by atoms with Gasteiger partial charge in [0.2, 0.25) is 21.8 Å². The molecule has 2 aromatic carbocycles. The molecule has 318 valence electrons. The first kappa shape index (κ1) is 42.1. The fourth-order valence-electron chi connectivity index (χ4n) is 8.37. The van der Waals surface area contributed by atoms with Crippen LogP contribution in [-0.4, -0.2) is 95.3 Å². The van der Waals surface area contributed by atoms with Crippen LogP contribution in [0.5, 0.6) is 5.75 Å². The van der Waals surface area contributed by atoms with Gasteiger partial charge in [0.05, 0.1) is 25.0 Å². The molecule has 6 bridgehead atoms. The molecular formula is C43H57N7O8S. The smallest absolute Gasteiger partial charge is 0.407 e. The molecule has 3 N–H and O–H groups in total. The molecule has 2 aliphatic heterocycles. The normalized spacial score (nSPS) is 25.5. The molecular weight excluding hydrogens is 775 g/mol. The lowest BCUT2D eigenvalue weighted by Crippen LogP contribution is -2.60. The van der Waals surface area contributed by atoms with E-state index >= 15 is 0 Å². The number of nitrogens with one attached hydrogen (secondary N) is 3. The third-order valence-electron chi connectivity index (χ3n) is 12.2. The molecule has 0 radical (unpaired) electrons. The molecule has 0 spiro atoms. The molecule has 59 heavy (non-hydrogen) atoms. The Hall–Kier alpha value is -4.99. The zero-order chi connectivity index (χ0) is 42.1. The maximum absolute atomic E-state index is 14.8. The topological polar surface area (TPSA) is 191 Å². The highest BCUT2D eigenvalue weighted by Gasteiger charge is 2.62. The van der Waals surface area contributed by atoms with E-state index in [1.54, 1.807) is 11.9 Å². The number of ether oxygens (including phenoxy) is 2. The first-order chi connectivity index (χ1) is 28.1. The number of methoxy groups -OCH3 is 1. The van der Waals surface area contributed by atoms with Gasteiger partial charge >= 0.3 is 6.09 Å². The number of sulfonamides is 1. The van der Waals surface area contributed by atoms with Gasteiger partial charge < -0.3 is 25.0 Å². The highest BCUT2D eigenvalue weighted by molar-refractivity contribution is 7.91. The predicted octanol–water partition coefficient (Wildman–Crippen LogP) is 5.30. The quantitative estimate of drug-likeness (QED) is 0.269. The van der Waals surface area contributed by atoms with E-state index in [-0.39, 0.29) is 31.9 Å². The van der Waals surface area contributed by atoms with E-state index in [2.05, 4.69) is 27.5 Å². The molecule has 4 amide bonds. The molecule has 16 heteroatoms. The third kappa shape index (κ3) is 9.27. The largest absolute Gasteiger partial charge is 0.497 e. The van der Waals surface area contributed by atoms with Crippen LogP contribution in [0.1, 0.15) is 104 Å². The Kier molecular flexibility index (Phi) is 12.1. The van der Waals surface area contributed by atoms with E-state index in [1.165, 1.54) is 10.5 Å². The summed E-state index contributed by atoms with van der Waals surface area (Å²) >= 11 is 0. The van der Waals surface area contributed by atoms with E-state index in [0.29, 0.717) is 42.8 Å². The van der Waals surface area contributed by atoms with Gasteiger partial charge in [-0.1, -0.05) is 71.6 Å². The van der Waals surface area contributed by atoms with Gasteiger partial charge in [-0.15, -0.1) is 0 Å².